The predicted octanol–water partition coefficient (Wildman–Crippen LogP) is 5.20. The lowest BCUT2D eigenvalue weighted by Crippen LogP contribution is -2.41. The van der Waals surface area contributed by atoms with E-state index in [4.69, 9.17) is 4.74 Å². The number of thiazole rings is 1. The van der Waals surface area contributed by atoms with Gasteiger partial charge in [0.15, 0.2) is 0 Å². The monoisotopic (exact) mass is 492 g/mol. The van der Waals surface area contributed by atoms with E-state index in [1.165, 1.54) is 28.5 Å². The van der Waals surface area contributed by atoms with E-state index in [1.807, 2.05) is 24.3 Å². The molecule has 0 unspecified atom stereocenters. The molecule has 0 aliphatic carbocycles. The maximum Gasteiger partial charge on any atom is 0.416 e. The Labute approximate surface area is 195 Å². The van der Waals surface area contributed by atoms with Crippen LogP contribution in [0.25, 0.3) is 0 Å². The molecule has 3 aromatic rings. The first-order valence-electron chi connectivity index (χ1n) is 10.2. The van der Waals surface area contributed by atoms with Gasteiger partial charge in [-0.05, 0) is 24.3 Å². The molecule has 0 fully saturated rings. The van der Waals surface area contributed by atoms with Gasteiger partial charge in [0, 0.05) is 33.2 Å². The summed E-state index contributed by atoms with van der Waals surface area (Å²) in [7, 11) is 0. The standard InChI is InChI=1S/C23H19F3N2O3S2/c1-22-11-31-16-8-3-2-7-15(16)18(22)19-20(32-12-22)28(21(30)33-19)10-17(29)27-14-6-4-5-13(9-14)23(24,25)26/h2-9,18H,10-12H2,1H3,(H,27,29)/t18-,22+/m0/s1. The van der Waals surface area contributed by atoms with Crippen LogP contribution in [0.2, 0.25) is 0 Å². The molecule has 172 valence electrons. The Balaban J connectivity index is 1.44. The average molecular weight is 493 g/mol. The van der Waals surface area contributed by atoms with E-state index in [0.29, 0.717) is 12.4 Å². The quantitative estimate of drug-likeness (QED) is 0.546. The third-order valence-electron chi connectivity index (χ3n) is 5.93. The molecule has 5 nitrogen and oxygen atoms in total. The van der Waals surface area contributed by atoms with Crippen LogP contribution in [0.4, 0.5) is 18.9 Å². The van der Waals surface area contributed by atoms with Crippen molar-refractivity contribution in [3.63, 3.8) is 0 Å². The number of benzene rings is 2. The topological polar surface area (TPSA) is 60.3 Å². The number of nitrogens with one attached hydrogen (secondary N) is 1. The molecule has 0 saturated carbocycles. The molecule has 2 aliphatic rings. The molecule has 1 aromatic heterocycles. The van der Waals surface area contributed by atoms with Gasteiger partial charge < -0.3 is 10.1 Å². The van der Waals surface area contributed by atoms with Gasteiger partial charge in [0.25, 0.3) is 0 Å². The Kier molecular flexibility index (Phi) is 5.32. The molecular formula is C23H19F3N2O3S2. The summed E-state index contributed by atoms with van der Waals surface area (Å²) < 4.78 is 46.3. The third kappa shape index (κ3) is 3.95. The number of para-hydroxylation sites is 1. The summed E-state index contributed by atoms with van der Waals surface area (Å²) >= 11 is 2.64. The van der Waals surface area contributed by atoms with Gasteiger partial charge >= 0.3 is 11.0 Å². The summed E-state index contributed by atoms with van der Waals surface area (Å²) in [5, 5.41) is 3.22. The van der Waals surface area contributed by atoms with E-state index in [2.05, 4.69) is 12.2 Å². The molecular weight excluding hydrogens is 473 g/mol. The largest absolute Gasteiger partial charge is 0.493 e. The third-order valence-corrected chi connectivity index (χ3v) is 8.62. The van der Waals surface area contributed by atoms with Gasteiger partial charge in [-0.25, -0.2) is 0 Å². The van der Waals surface area contributed by atoms with E-state index >= 15 is 0 Å². The molecule has 0 spiro atoms. The number of anilines is 1. The van der Waals surface area contributed by atoms with Crippen LogP contribution in [0.3, 0.4) is 0 Å². The van der Waals surface area contributed by atoms with Gasteiger partial charge in [-0.3, -0.25) is 14.2 Å². The normalized spacial score (nSPS) is 21.4. The maximum atomic E-state index is 13.0. The van der Waals surface area contributed by atoms with Gasteiger partial charge in [0.1, 0.15) is 12.3 Å². The van der Waals surface area contributed by atoms with Crippen molar-refractivity contribution >= 4 is 34.7 Å². The molecule has 0 bridgehead atoms. The lowest BCUT2D eigenvalue weighted by Gasteiger charge is -2.44. The maximum absolute atomic E-state index is 13.0. The van der Waals surface area contributed by atoms with Gasteiger partial charge in [0.05, 0.1) is 17.2 Å². The first-order chi connectivity index (χ1) is 15.7. The van der Waals surface area contributed by atoms with Crippen LogP contribution in [0.5, 0.6) is 5.75 Å². The number of carbonyl (C=O) groups is 1. The van der Waals surface area contributed by atoms with Crippen molar-refractivity contribution in [1.82, 2.24) is 4.57 Å². The molecule has 0 saturated heterocycles. The highest BCUT2D eigenvalue weighted by atomic mass is 32.2. The van der Waals surface area contributed by atoms with Crippen LogP contribution < -0.4 is 14.9 Å². The number of thioether (sulfide) groups is 1. The second kappa shape index (κ2) is 7.95. The lowest BCUT2D eigenvalue weighted by molar-refractivity contribution is -0.137. The summed E-state index contributed by atoms with van der Waals surface area (Å²) in [5.41, 5.74) is 0.0140. The lowest BCUT2D eigenvalue weighted by atomic mass is 9.72. The molecule has 0 radical (unpaired) electrons. The van der Waals surface area contributed by atoms with Crippen LogP contribution in [0.15, 0.2) is 58.4 Å². The Morgan fingerprint density at radius 2 is 2.03 bits per heavy atom. The first kappa shape index (κ1) is 22.1. The number of alkyl halides is 3. The summed E-state index contributed by atoms with van der Waals surface area (Å²) in [6.45, 7) is 2.40. The molecule has 33 heavy (non-hydrogen) atoms. The van der Waals surface area contributed by atoms with Crippen LogP contribution in [0, 0.1) is 5.41 Å². The van der Waals surface area contributed by atoms with Crippen molar-refractivity contribution in [2.75, 3.05) is 17.7 Å². The fourth-order valence-electron chi connectivity index (χ4n) is 4.36. The van der Waals surface area contributed by atoms with Crippen molar-refractivity contribution in [2.24, 2.45) is 5.41 Å². The number of aromatic nitrogens is 1. The van der Waals surface area contributed by atoms with Crippen molar-refractivity contribution in [1.29, 1.82) is 0 Å². The predicted molar refractivity (Wildman–Crippen MR) is 121 cm³/mol. The average Bonchev–Trinajstić information content (AvgIpc) is 3.07. The first-order valence-corrected chi connectivity index (χ1v) is 12.0. The minimum atomic E-state index is -4.51. The number of amides is 1. The number of rotatable bonds is 3. The second-order valence-corrected chi connectivity index (χ2v) is 10.4. The van der Waals surface area contributed by atoms with Crippen LogP contribution in [-0.4, -0.2) is 22.8 Å². The highest BCUT2D eigenvalue weighted by Gasteiger charge is 2.47. The summed E-state index contributed by atoms with van der Waals surface area (Å²) in [6, 6.07) is 12.2. The highest BCUT2D eigenvalue weighted by molar-refractivity contribution is 7.99. The van der Waals surface area contributed by atoms with Gasteiger partial charge in [-0.15, -0.1) is 11.8 Å². The number of fused-ring (bicyclic) bond motifs is 5. The second-order valence-electron chi connectivity index (χ2n) is 8.45. The summed E-state index contributed by atoms with van der Waals surface area (Å²) in [6.07, 6.45) is -4.51. The van der Waals surface area contributed by atoms with Crippen LogP contribution in [-0.2, 0) is 17.5 Å². The van der Waals surface area contributed by atoms with Crippen molar-refractivity contribution in [3.8, 4) is 5.75 Å². The zero-order valence-corrected chi connectivity index (χ0v) is 19.1. The SMILES string of the molecule is C[C@]12COc3ccccc3[C@H]1c1sc(=O)n(CC(=O)Nc3cccc(C(F)(F)F)c3)c1SC2. The molecule has 1 amide bonds. The molecule has 1 N–H and O–H groups in total. The van der Waals surface area contributed by atoms with Gasteiger partial charge in [-0.1, -0.05) is 42.5 Å². The highest BCUT2D eigenvalue weighted by Crippen LogP contribution is 2.56. The Morgan fingerprint density at radius 3 is 2.82 bits per heavy atom. The Hall–Kier alpha value is -2.72. The van der Waals surface area contributed by atoms with Crippen LogP contribution in [0.1, 0.15) is 28.8 Å². The zero-order valence-electron chi connectivity index (χ0n) is 17.4. The molecule has 2 aliphatic heterocycles. The van der Waals surface area contributed by atoms with Gasteiger partial charge in [-0.2, -0.15) is 13.2 Å². The number of ether oxygens (including phenoxy) is 1. The zero-order chi connectivity index (χ0) is 23.4. The molecule has 2 aromatic carbocycles. The number of hydrogen-bond acceptors (Lipinski definition) is 5. The Morgan fingerprint density at radius 1 is 1.24 bits per heavy atom. The van der Waals surface area contributed by atoms with E-state index in [1.54, 1.807) is 0 Å². The fourth-order valence-corrected chi connectivity index (χ4v) is 7.18. The smallest absolute Gasteiger partial charge is 0.416 e. The Bertz CT molecular complexity index is 1300. The van der Waals surface area contributed by atoms with Crippen molar-refractivity contribution in [2.45, 2.75) is 30.6 Å². The number of halogens is 3. The number of nitrogens with zero attached hydrogens (tertiary/aromatic N) is 1. The van der Waals surface area contributed by atoms with Crippen LogP contribution >= 0.6 is 23.1 Å². The van der Waals surface area contributed by atoms with E-state index in [-0.39, 0.29) is 28.4 Å². The van der Waals surface area contributed by atoms with Crippen molar-refractivity contribution < 1.29 is 22.7 Å². The van der Waals surface area contributed by atoms with Crippen molar-refractivity contribution in [3.05, 3.63) is 74.2 Å². The number of hydrogen-bond donors (Lipinski definition) is 1. The van der Waals surface area contributed by atoms with Gasteiger partial charge in [0.2, 0.25) is 5.91 Å². The molecule has 5 rings (SSSR count). The fraction of sp³-hybridized carbons (Fsp3) is 0.304. The summed E-state index contributed by atoms with van der Waals surface area (Å²) in [5.74, 6) is 0.930. The number of carbonyl (C=O) groups excluding carboxylic acids is 1. The summed E-state index contributed by atoms with van der Waals surface area (Å²) in [4.78, 5) is 26.2. The van der Waals surface area contributed by atoms with E-state index in [9.17, 15) is 22.8 Å². The van der Waals surface area contributed by atoms with E-state index in [0.717, 1.165) is 44.7 Å². The van der Waals surface area contributed by atoms with E-state index < -0.39 is 17.6 Å². The molecule has 2 atom stereocenters. The molecule has 10 heteroatoms. The minimum Gasteiger partial charge on any atom is -0.493 e. The molecule has 3 heterocycles. The minimum absolute atomic E-state index is 0.0239.